The summed E-state index contributed by atoms with van der Waals surface area (Å²) in [5.74, 6) is 1.92. The van der Waals surface area contributed by atoms with Crippen LogP contribution in [0, 0.1) is 23.7 Å². The number of para-hydroxylation sites is 2. The van der Waals surface area contributed by atoms with E-state index in [1.807, 2.05) is 40.4 Å². The number of esters is 1. The lowest BCUT2D eigenvalue weighted by Gasteiger charge is -2.37. The Morgan fingerprint density at radius 3 is 2.29 bits per heavy atom. The van der Waals surface area contributed by atoms with Crippen molar-refractivity contribution in [2.75, 3.05) is 0 Å². The average Bonchev–Trinajstić information content (AvgIpc) is 3.63. The zero-order chi connectivity index (χ0) is 26.5. The van der Waals surface area contributed by atoms with Crippen LogP contribution in [0.3, 0.4) is 0 Å². The van der Waals surface area contributed by atoms with E-state index in [0.717, 1.165) is 55.3 Å². The van der Waals surface area contributed by atoms with E-state index in [1.54, 1.807) is 0 Å². The Hall–Kier alpha value is -2.10. The molecule has 206 valence electrons. The number of imidazole rings is 1. The molecule has 8 heteroatoms. The summed E-state index contributed by atoms with van der Waals surface area (Å²) >= 11 is 0. The quantitative estimate of drug-likeness (QED) is 0.231. The van der Waals surface area contributed by atoms with E-state index < -0.39 is 17.8 Å². The highest BCUT2D eigenvalue weighted by molar-refractivity contribution is 5.82. The molecule has 0 amide bonds. The number of fused-ring (bicyclic) bond motifs is 1. The summed E-state index contributed by atoms with van der Waals surface area (Å²) in [5.41, 5.74) is 1.75. The Morgan fingerprint density at radius 2 is 1.68 bits per heavy atom. The van der Waals surface area contributed by atoms with Gasteiger partial charge in [0.15, 0.2) is 11.0 Å². The number of carbonyl (C=O) groups excluding carboxylic acids is 1. The van der Waals surface area contributed by atoms with Crippen LogP contribution in [0.2, 0.25) is 0 Å². The minimum absolute atomic E-state index is 0. The number of benzene rings is 2. The molecule has 0 aliphatic heterocycles. The van der Waals surface area contributed by atoms with Crippen molar-refractivity contribution in [2.45, 2.75) is 71.2 Å². The SMILES string of the molecule is CC(C)[C@@H]1CC[C@@H](C)CC1OC(=O)[C@@H](C1CC1)n1c(-c2ccc(C(F)(F)F)cc2)[n+](C)c2ccccc21.[I-]. The molecule has 1 aromatic heterocycles. The van der Waals surface area contributed by atoms with Gasteiger partial charge < -0.3 is 28.7 Å². The van der Waals surface area contributed by atoms with Gasteiger partial charge in [-0.1, -0.05) is 39.3 Å². The Bertz CT molecular complexity index is 1280. The van der Waals surface area contributed by atoms with Gasteiger partial charge in [-0.15, -0.1) is 0 Å². The second-order valence-electron chi connectivity index (χ2n) is 11.4. The van der Waals surface area contributed by atoms with Gasteiger partial charge in [-0.05, 0) is 79.8 Å². The van der Waals surface area contributed by atoms with Crippen molar-refractivity contribution < 1.29 is 51.2 Å². The number of alkyl halides is 3. The molecule has 3 aromatic rings. The first-order valence-corrected chi connectivity index (χ1v) is 13.4. The summed E-state index contributed by atoms with van der Waals surface area (Å²) in [6.45, 7) is 6.61. The summed E-state index contributed by atoms with van der Waals surface area (Å²) in [5, 5.41) is 0. The molecule has 0 saturated heterocycles. The zero-order valence-electron chi connectivity index (χ0n) is 22.3. The molecule has 4 atom stereocenters. The first-order chi connectivity index (χ1) is 17.6. The largest absolute Gasteiger partial charge is 1.00 e. The lowest BCUT2D eigenvalue weighted by Crippen LogP contribution is -3.00. The number of nitrogens with zero attached hydrogens (tertiary/aromatic N) is 2. The number of halogens is 4. The fourth-order valence-corrected chi connectivity index (χ4v) is 6.15. The van der Waals surface area contributed by atoms with Crippen LogP contribution in [0.5, 0.6) is 0 Å². The van der Waals surface area contributed by atoms with Crippen LogP contribution in [0.4, 0.5) is 13.2 Å². The van der Waals surface area contributed by atoms with Gasteiger partial charge in [0, 0.05) is 5.92 Å². The maximum absolute atomic E-state index is 14.0. The minimum atomic E-state index is -4.40. The topological polar surface area (TPSA) is 35.1 Å². The number of carbonyl (C=O) groups is 1. The third-order valence-electron chi connectivity index (χ3n) is 8.34. The second kappa shape index (κ2) is 11.2. The third-order valence-corrected chi connectivity index (χ3v) is 8.34. The third kappa shape index (κ3) is 5.61. The molecule has 38 heavy (non-hydrogen) atoms. The zero-order valence-corrected chi connectivity index (χ0v) is 24.5. The molecule has 0 bridgehead atoms. The van der Waals surface area contributed by atoms with E-state index in [-0.39, 0.29) is 42.0 Å². The Labute approximate surface area is 239 Å². The van der Waals surface area contributed by atoms with Gasteiger partial charge in [0.2, 0.25) is 6.04 Å². The van der Waals surface area contributed by atoms with Gasteiger partial charge in [0.05, 0.1) is 18.2 Å². The molecule has 2 aliphatic carbocycles. The first kappa shape index (κ1) is 28.9. The second-order valence-corrected chi connectivity index (χ2v) is 11.4. The van der Waals surface area contributed by atoms with Gasteiger partial charge in [0.25, 0.3) is 5.82 Å². The average molecular weight is 641 g/mol. The molecule has 0 spiro atoms. The van der Waals surface area contributed by atoms with Crippen molar-refractivity contribution in [2.24, 2.45) is 30.7 Å². The number of ether oxygens (including phenoxy) is 1. The maximum atomic E-state index is 14.0. The number of aromatic nitrogens is 2. The molecule has 2 aromatic carbocycles. The summed E-state index contributed by atoms with van der Waals surface area (Å²) in [6.07, 6.45) is 0.425. The molecular formula is C30H36F3IN2O2. The summed E-state index contributed by atoms with van der Waals surface area (Å²) < 4.78 is 50.1. The van der Waals surface area contributed by atoms with E-state index in [1.165, 1.54) is 12.1 Å². The van der Waals surface area contributed by atoms with Crippen LogP contribution in [0.15, 0.2) is 48.5 Å². The van der Waals surface area contributed by atoms with Gasteiger partial charge >= 0.3 is 12.1 Å². The molecule has 2 fully saturated rings. The standard InChI is InChI=1S/C30H36F3N2O2.HI/c1-18(2)23-16-9-19(3)17-26(23)37-29(36)27(20-10-11-20)35-25-8-6-5-7-24(25)34(4)28(35)21-12-14-22(15-13-21)30(31,32)33;/h5-8,12-15,18-20,23,26-27H,9-11,16-17H2,1-4H3;1H/q+1;/p-1/t19-,23+,26?,27-;/m1./s1. The highest BCUT2D eigenvalue weighted by atomic mass is 127. The molecule has 1 unspecified atom stereocenters. The molecule has 1 heterocycles. The Kier molecular flexibility index (Phi) is 8.50. The van der Waals surface area contributed by atoms with Crippen LogP contribution >= 0.6 is 0 Å². The highest BCUT2D eigenvalue weighted by Gasteiger charge is 2.47. The van der Waals surface area contributed by atoms with E-state index in [9.17, 15) is 18.0 Å². The lowest BCUT2D eigenvalue weighted by atomic mass is 9.75. The van der Waals surface area contributed by atoms with E-state index >= 15 is 0 Å². The number of hydrogen-bond acceptors (Lipinski definition) is 2. The van der Waals surface area contributed by atoms with Gasteiger partial charge in [0.1, 0.15) is 6.10 Å². The van der Waals surface area contributed by atoms with E-state index in [2.05, 4.69) is 20.8 Å². The van der Waals surface area contributed by atoms with Crippen molar-refractivity contribution in [3.8, 4) is 11.4 Å². The fraction of sp³-hybridized carbons (Fsp3) is 0.533. The predicted octanol–water partition coefficient (Wildman–Crippen LogP) is 4.11. The van der Waals surface area contributed by atoms with E-state index in [0.29, 0.717) is 29.1 Å². The minimum Gasteiger partial charge on any atom is -1.00 e. The molecule has 4 nitrogen and oxygen atoms in total. The van der Waals surface area contributed by atoms with Crippen molar-refractivity contribution in [3.05, 3.63) is 54.1 Å². The molecular weight excluding hydrogens is 604 g/mol. The Balaban J connectivity index is 0.00000336. The summed E-state index contributed by atoms with van der Waals surface area (Å²) in [6, 6.07) is 12.5. The monoisotopic (exact) mass is 640 g/mol. The maximum Gasteiger partial charge on any atom is 0.416 e. The lowest BCUT2D eigenvalue weighted by molar-refractivity contribution is -0.634. The van der Waals surface area contributed by atoms with Crippen LogP contribution in [-0.2, 0) is 22.8 Å². The Morgan fingerprint density at radius 1 is 1.03 bits per heavy atom. The van der Waals surface area contributed by atoms with Crippen molar-refractivity contribution in [1.29, 1.82) is 0 Å². The normalized spacial score (nSPS) is 22.8. The van der Waals surface area contributed by atoms with Gasteiger partial charge in [-0.2, -0.15) is 13.2 Å². The molecule has 0 N–H and O–H groups in total. The molecule has 2 aliphatic rings. The van der Waals surface area contributed by atoms with Crippen molar-refractivity contribution in [3.63, 3.8) is 0 Å². The van der Waals surface area contributed by atoms with E-state index in [4.69, 9.17) is 4.74 Å². The fourth-order valence-electron chi connectivity index (χ4n) is 6.15. The van der Waals surface area contributed by atoms with Gasteiger partial charge in [-0.3, -0.25) is 0 Å². The van der Waals surface area contributed by atoms with Crippen LogP contribution in [0.25, 0.3) is 22.4 Å². The van der Waals surface area contributed by atoms with Crippen molar-refractivity contribution in [1.82, 2.24) is 4.57 Å². The molecule has 2 saturated carbocycles. The highest BCUT2D eigenvalue weighted by Crippen LogP contribution is 2.45. The summed E-state index contributed by atoms with van der Waals surface area (Å²) in [7, 11) is 1.90. The van der Waals surface area contributed by atoms with Crippen LogP contribution in [-0.4, -0.2) is 16.6 Å². The number of rotatable bonds is 6. The molecule has 0 radical (unpaired) electrons. The summed E-state index contributed by atoms with van der Waals surface area (Å²) in [4.78, 5) is 14.0. The van der Waals surface area contributed by atoms with Gasteiger partial charge in [-0.25, -0.2) is 13.9 Å². The van der Waals surface area contributed by atoms with Crippen molar-refractivity contribution >= 4 is 17.0 Å². The number of hydrogen-bond donors (Lipinski definition) is 0. The number of aryl methyl sites for hydroxylation is 1. The van der Waals surface area contributed by atoms with Crippen LogP contribution in [0.1, 0.15) is 64.5 Å². The predicted molar refractivity (Wildman–Crippen MR) is 137 cm³/mol. The molecule has 5 rings (SSSR count). The smallest absolute Gasteiger partial charge is 0.416 e. The first-order valence-electron chi connectivity index (χ1n) is 13.4. The van der Waals surface area contributed by atoms with Crippen LogP contribution < -0.4 is 28.5 Å².